The van der Waals surface area contributed by atoms with Gasteiger partial charge in [-0.25, -0.2) is 0 Å². The summed E-state index contributed by atoms with van der Waals surface area (Å²) in [4.78, 5) is 2.52. The molecule has 1 aromatic heterocycles. The molecule has 8 rings (SSSR count). The Hall–Kier alpha value is -4.82. The van der Waals surface area contributed by atoms with Crippen molar-refractivity contribution in [2.24, 2.45) is 0 Å². The number of rotatable bonds is 3. The van der Waals surface area contributed by atoms with Gasteiger partial charge in [0.05, 0.1) is 17.1 Å². The number of aromatic nitrogens is 1. The van der Waals surface area contributed by atoms with Gasteiger partial charge in [-0.15, -0.1) is 0 Å². The van der Waals surface area contributed by atoms with Gasteiger partial charge in [0.1, 0.15) is 0 Å². The minimum Gasteiger partial charge on any atom is -0.333 e. The molecule has 0 radical (unpaired) electrons. The Morgan fingerprint density at radius 2 is 1.21 bits per heavy atom. The van der Waals surface area contributed by atoms with Gasteiger partial charge in [-0.2, -0.15) is 0 Å². The Morgan fingerprint density at radius 3 is 1.97 bits per heavy atom. The lowest BCUT2D eigenvalue weighted by Crippen LogP contribution is -2.27. The highest BCUT2D eigenvalue weighted by Gasteiger charge is 2.34. The third-order valence-electron chi connectivity index (χ3n) is 8.06. The number of hydrogen-bond acceptors (Lipinski definition) is 1. The maximum absolute atomic E-state index is 2.52. The minimum atomic E-state index is 0.344. The first-order valence-corrected chi connectivity index (χ1v) is 13.3. The number of para-hydroxylation sites is 3. The first kappa shape index (κ1) is 21.3. The van der Waals surface area contributed by atoms with E-state index < -0.39 is 0 Å². The molecule has 0 N–H and O–H groups in total. The van der Waals surface area contributed by atoms with E-state index in [2.05, 4.69) is 149 Å². The Morgan fingerprint density at radius 1 is 0.579 bits per heavy atom. The fraction of sp³-hybridized carbons (Fsp3) is 0.0556. The molecule has 0 bridgehead atoms. The summed E-state index contributed by atoms with van der Waals surface area (Å²) in [6.07, 6.45) is 7.79. The third kappa shape index (κ3) is 3.13. The molecule has 2 aliphatic rings. The Balaban J connectivity index is 1.25. The van der Waals surface area contributed by atoms with E-state index in [1.807, 2.05) is 0 Å². The average molecular weight is 487 g/mol. The largest absolute Gasteiger partial charge is 0.333 e. The van der Waals surface area contributed by atoms with Crippen molar-refractivity contribution in [3.05, 3.63) is 145 Å². The lowest BCUT2D eigenvalue weighted by Gasteiger charge is -2.29. The van der Waals surface area contributed by atoms with Gasteiger partial charge >= 0.3 is 0 Å². The highest BCUT2D eigenvalue weighted by atomic mass is 15.2. The molecule has 38 heavy (non-hydrogen) atoms. The number of allylic oxidation sites excluding steroid dienone is 2. The molecular formula is C36H26N2. The molecular weight excluding hydrogens is 460 g/mol. The summed E-state index contributed by atoms with van der Waals surface area (Å²) in [5, 5.41) is 2.57. The summed E-state index contributed by atoms with van der Waals surface area (Å²) >= 11 is 0. The van der Waals surface area contributed by atoms with E-state index in [0.29, 0.717) is 6.04 Å². The van der Waals surface area contributed by atoms with Crippen molar-refractivity contribution in [3.8, 4) is 16.8 Å². The monoisotopic (exact) mass is 486 g/mol. The SMILES string of the molecule is C1=CCC2C(=C1)c1ccccc1N2c1cccc(-c2cccc(-n3c4ccccc4c4ccccc43)c2)c1. The Labute approximate surface area is 222 Å². The average Bonchev–Trinajstić information content (AvgIpc) is 3.51. The third-order valence-corrected chi connectivity index (χ3v) is 8.06. The zero-order valence-corrected chi connectivity index (χ0v) is 21.0. The van der Waals surface area contributed by atoms with Gasteiger partial charge in [-0.1, -0.05) is 97.1 Å². The van der Waals surface area contributed by atoms with Crippen molar-refractivity contribution in [1.82, 2.24) is 4.57 Å². The Kier molecular flexibility index (Phi) is 4.68. The predicted molar refractivity (Wildman–Crippen MR) is 160 cm³/mol. The minimum absolute atomic E-state index is 0.344. The number of nitrogens with zero attached hydrogens (tertiary/aromatic N) is 2. The molecule has 6 aromatic rings. The summed E-state index contributed by atoms with van der Waals surface area (Å²) in [5.41, 5.74) is 11.4. The van der Waals surface area contributed by atoms with Crippen LogP contribution < -0.4 is 4.90 Å². The second-order valence-corrected chi connectivity index (χ2v) is 10.2. The van der Waals surface area contributed by atoms with Gasteiger partial charge in [0.2, 0.25) is 0 Å². The van der Waals surface area contributed by atoms with E-state index in [-0.39, 0.29) is 0 Å². The molecule has 180 valence electrons. The molecule has 1 unspecified atom stereocenters. The summed E-state index contributed by atoms with van der Waals surface area (Å²) in [7, 11) is 0. The van der Waals surface area contributed by atoms with E-state index >= 15 is 0 Å². The van der Waals surface area contributed by atoms with E-state index in [1.165, 1.54) is 61.1 Å². The fourth-order valence-electron chi connectivity index (χ4n) is 6.41. The Bertz CT molecular complexity index is 1870. The van der Waals surface area contributed by atoms with Crippen LogP contribution in [0.5, 0.6) is 0 Å². The van der Waals surface area contributed by atoms with Gasteiger partial charge in [-0.05, 0) is 65.6 Å². The molecule has 1 atom stereocenters. The van der Waals surface area contributed by atoms with Crippen molar-refractivity contribution in [2.75, 3.05) is 4.90 Å². The normalized spacial score (nSPS) is 16.1. The van der Waals surface area contributed by atoms with Crippen LogP contribution in [0.2, 0.25) is 0 Å². The topological polar surface area (TPSA) is 8.17 Å². The highest BCUT2D eigenvalue weighted by molar-refractivity contribution is 6.09. The molecule has 0 saturated heterocycles. The second-order valence-electron chi connectivity index (χ2n) is 10.2. The summed E-state index contributed by atoms with van der Waals surface area (Å²) in [5.74, 6) is 0. The maximum atomic E-state index is 2.52. The second kappa shape index (κ2) is 8.36. The molecule has 5 aromatic carbocycles. The van der Waals surface area contributed by atoms with E-state index in [9.17, 15) is 0 Å². The first-order valence-electron chi connectivity index (χ1n) is 13.3. The maximum Gasteiger partial charge on any atom is 0.0632 e. The van der Waals surface area contributed by atoms with Crippen molar-refractivity contribution < 1.29 is 0 Å². The summed E-state index contributed by atoms with van der Waals surface area (Å²) < 4.78 is 2.39. The van der Waals surface area contributed by atoms with Crippen molar-refractivity contribution >= 4 is 38.8 Å². The molecule has 0 fully saturated rings. The van der Waals surface area contributed by atoms with Crippen LogP contribution in [0.25, 0.3) is 44.2 Å². The van der Waals surface area contributed by atoms with Crippen LogP contribution in [0.1, 0.15) is 12.0 Å². The van der Waals surface area contributed by atoms with Crippen LogP contribution in [-0.2, 0) is 0 Å². The van der Waals surface area contributed by atoms with Crippen LogP contribution in [-0.4, -0.2) is 10.6 Å². The smallest absolute Gasteiger partial charge is 0.0632 e. The molecule has 0 spiro atoms. The fourth-order valence-corrected chi connectivity index (χ4v) is 6.41. The predicted octanol–water partition coefficient (Wildman–Crippen LogP) is 9.31. The van der Waals surface area contributed by atoms with Crippen molar-refractivity contribution in [1.29, 1.82) is 0 Å². The quantitative estimate of drug-likeness (QED) is 0.242. The molecule has 2 nitrogen and oxygen atoms in total. The number of hydrogen-bond donors (Lipinski definition) is 0. The number of fused-ring (bicyclic) bond motifs is 6. The standard InChI is InChI=1S/C36H26N2/c1-5-19-33-29(15-1)30-16-2-6-20-34(30)37(33)27-13-9-11-25(23-27)26-12-10-14-28(24-26)38-35-21-7-3-17-31(35)32-18-4-8-22-36(32)38/h1-21,23-24,36H,22H2. The van der Waals surface area contributed by atoms with Gasteiger partial charge in [0, 0.05) is 33.4 Å². The van der Waals surface area contributed by atoms with Crippen LogP contribution in [0.15, 0.2) is 140 Å². The van der Waals surface area contributed by atoms with E-state index in [0.717, 1.165) is 6.42 Å². The molecule has 0 saturated carbocycles. The van der Waals surface area contributed by atoms with E-state index in [1.54, 1.807) is 0 Å². The van der Waals surface area contributed by atoms with Crippen LogP contribution in [0.4, 0.5) is 11.4 Å². The van der Waals surface area contributed by atoms with Crippen LogP contribution in [0, 0.1) is 0 Å². The lowest BCUT2D eigenvalue weighted by molar-refractivity contribution is 0.829. The zero-order chi connectivity index (χ0) is 25.1. The molecule has 1 aliphatic carbocycles. The molecule has 2 heterocycles. The number of anilines is 2. The van der Waals surface area contributed by atoms with E-state index in [4.69, 9.17) is 0 Å². The number of benzene rings is 5. The molecule has 1 aliphatic heterocycles. The highest BCUT2D eigenvalue weighted by Crippen LogP contribution is 2.47. The molecule has 2 heteroatoms. The van der Waals surface area contributed by atoms with Crippen molar-refractivity contribution in [2.45, 2.75) is 12.5 Å². The van der Waals surface area contributed by atoms with Crippen LogP contribution in [0.3, 0.4) is 0 Å². The van der Waals surface area contributed by atoms with Crippen LogP contribution >= 0.6 is 0 Å². The van der Waals surface area contributed by atoms with Gasteiger partial charge in [0.25, 0.3) is 0 Å². The summed E-state index contributed by atoms with van der Waals surface area (Å²) in [6.45, 7) is 0. The lowest BCUT2D eigenvalue weighted by atomic mass is 9.96. The first-order chi connectivity index (χ1) is 18.9. The van der Waals surface area contributed by atoms with Gasteiger partial charge in [-0.3, -0.25) is 0 Å². The zero-order valence-electron chi connectivity index (χ0n) is 21.0. The summed E-state index contributed by atoms with van der Waals surface area (Å²) in [6, 6.07) is 44.5. The van der Waals surface area contributed by atoms with Crippen molar-refractivity contribution in [3.63, 3.8) is 0 Å². The van der Waals surface area contributed by atoms with Gasteiger partial charge < -0.3 is 9.47 Å². The molecule has 0 amide bonds. The van der Waals surface area contributed by atoms with Gasteiger partial charge in [0.15, 0.2) is 0 Å².